The molecule has 3 aromatic rings. The van der Waals surface area contributed by atoms with E-state index in [0.29, 0.717) is 47.0 Å². The smallest absolute Gasteiger partial charge is 0.259 e. The molecule has 0 bridgehead atoms. The molecule has 0 unspecified atom stereocenters. The second kappa shape index (κ2) is 9.21. The van der Waals surface area contributed by atoms with Gasteiger partial charge in [0.1, 0.15) is 5.75 Å². The normalized spacial score (nSPS) is 13.7. The van der Waals surface area contributed by atoms with Crippen LogP contribution in [-0.4, -0.2) is 35.1 Å². The zero-order chi connectivity index (χ0) is 23.6. The monoisotopic (exact) mass is 450 g/mol. The van der Waals surface area contributed by atoms with E-state index in [1.54, 1.807) is 24.3 Å². The van der Waals surface area contributed by atoms with Crippen molar-refractivity contribution in [2.75, 3.05) is 18.5 Å². The number of carbonyl (C=O) groups excluding carboxylic acids is 2. The van der Waals surface area contributed by atoms with Crippen LogP contribution in [0.4, 0.5) is 5.69 Å². The van der Waals surface area contributed by atoms with Crippen LogP contribution in [0.3, 0.4) is 0 Å². The molecule has 8 heteroatoms. The third-order valence-electron chi connectivity index (χ3n) is 5.33. The molecule has 1 saturated carbocycles. The first-order valence-electron chi connectivity index (χ1n) is 11.3. The second-order valence-electron chi connectivity index (χ2n) is 9.60. The highest BCUT2D eigenvalue weighted by Crippen LogP contribution is 2.41. The molecule has 0 atom stereocenters. The largest absolute Gasteiger partial charge is 0.494 e. The Morgan fingerprint density at radius 2 is 1.91 bits per heavy atom. The lowest BCUT2D eigenvalue weighted by Gasteiger charge is -2.16. The third-order valence-corrected chi connectivity index (χ3v) is 5.33. The Morgan fingerprint density at radius 3 is 2.55 bits per heavy atom. The predicted molar refractivity (Wildman–Crippen MR) is 126 cm³/mol. The molecular weight excluding hydrogens is 420 g/mol. The van der Waals surface area contributed by atoms with Gasteiger partial charge in [0.25, 0.3) is 11.6 Å². The van der Waals surface area contributed by atoms with Gasteiger partial charge in [-0.05, 0) is 61.9 Å². The summed E-state index contributed by atoms with van der Waals surface area (Å²) in [6, 6.07) is 8.91. The molecule has 1 fully saturated rings. The molecule has 0 aliphatic heterocycles. The Bertz CT molecular complexity index is 1160. The SMILES string of the molecule is CCOc1ccc(NC(=O)CNC(=O)c2cc(C3CC3)nc3onc(CC(C)(C)C)c23)cc1. The molecule has 2 N–H and O–H groups in total. The maximum atomic E-state index is 13.1. The van der Waals surface area contributed by atoms with Gasteiger partial charge in [-0.25, -0.2) is 4.98 Å². The summed E-state index contributed by atoms with van der Waals surface area (Å²) in [5.74, 6) is 0.418. The van der Waals surface area contributed by atoms with Crippen molar-refractivity contribution in [3.8, 4) is 5.75 Å². The lowest BCUT2D eigenvalue weighted by molar-refractivity contribution is -0.115. The van der Waals surface area contributed by atoms with Gasteiger partial charge < -0.3 is 19.9 Å². The van der Waals surface area contributed by atoms with Crippen LogP contribution in [0.15, 0.2) is 34.9 Å². The summed E-state index contributed by atoms with van der Waals surface area (Å²) in [5.41, 5.74) is 2.97. The molecule has 1 aromatic carbocycles. The Labute approximate surface area is 193 Å². The summed E-state index contributed by atoms with van der Waals surface area (Å²) in [6.45, 7) is 8.63. The molecule has 0 radical (unpaired) electrons. The molecule has 2 heterocycles. The van der Waals surface area contributed by atoms with Gasteiger partial charge in [-0.1, -0.05) is 25.9 Å². The van der Waals surface area contributed by atoms with Crippen LogP contribution in [0.25, 0.3) is 11.1 Å². The molecule has 1 aliphatic carbocycles. The Hall–Kier alpha value is -3.42. The number of hydrogen-bond donors (Lipinski definition) is 2. The van der Waals surface area contributed by atoms with Crippen molar-refractivity contribution in [2.45, 2.75) is 52.9 Å². The fourth-order valence-corrected chi connectivity index (χ4v) is 3.68. The van der Waals surface area contributed by atoms with Gasteiger partial charge in [0.15, 0.2) is 0 Å². The summed E-state index contributed by atoms with van der Waals surface area (Å²) >= 11 is 0. The number of anilines is 1. The molecule has 2 amide bonds. The number of nitrogens with zero attached hydrogens (tertiary/aromatic N) is 2. The first-order chi connectivity index (χ1) is 15.7. The number of aromatic nitrogens is 2. The van der Waals surface area contributed by atoms with E-state index < -0.39 is 0 Å². The van der Waals surface area contributed by atoms with Crippen molar-refractivity contribution >= 4 is 28.6 Å². The van der Waals surface area contributed by atoms with Crippen LogP contribution in [0.2, 0.25) is 0 Å². The number of rotatable bonds is 8. The summed E-state index contributed by atoms with van der Waals surface area (Å²) in [6.07, 6.45) is 2.74. The number of ether oxygens (including phenoxy) is 1. The summed E-state index contributed by atoms with van der Waals surface area (Å²) < 4.78 is 10.9. The summed E-state index contributed by atoms with van der Waals surface area (Å²) in [4.78, 5) is 30.2. The van der Waals surface area contributed by atoms with Crippen molar-refractivity contribution in [3.05, 3.63) is 47.3 Å². The highest BCUT2D eigenvalue weighted by Gasteiger charge is 2.30. The molecule has 0 saturated heterocycles. The minimum Gasteiger partial charge on any atom is -0.494 e. The van der Waals surface area contributed by atoms with E-state index in [2.05, 4.69) is 41.5 Å². The van der Waals surface area contributed by atoms with Crippen LogP contribution < -0.4 is 15.4 Å². The summed E-state index contributed by atoms with van der Waals surface area (Å²) in [5, 5.41) is 10.3. The van der Waals surface area contributed by atoms with Crippen molar-refractivity contribution in [1.29, 1.82) is 0 Å². The molecule has 174 valence electrons. The molecule has 0 spiro atoms. The second-order valence-corrected chi connectivity index (χ2v) is 9.60. The lowest BCUT2D eigenvalue weighted by atomic mass is 9.89. The summed E-state index contributed by atoms with van der Waals surface area (Å²) in [7, 11) is 0. The highest BCUT2D eigenvalue weighted by atomic mass is 16.5. The van der Waals surface area contributed by atoms with E-state index in [9.17, 15) is 9.59 Å². The Kier molecular flexibility index (Phi) is 6.35. The number of nitrogens with one attached hydrogen (secondary N) is 2. The van der Waals surface area contributed by atoms with E-state index in [-0.39, 0.29) is 23.8 Å². The average Bonchev–Trinajstić information content (AvgIpc) is 3.54. The lowest BCUT2D eigenvalue weighted by Crippen LogP contribution is -2.33. The van der Waals surface area contributed by atoms with Gasteiger partial charge in [0, 0.05) is 17.3 Å². The van der Waals surface area contributed by atoms with E-state index in [1.165, 1.54) is 0 Å². The van der Waals surface area contributed by atoms with Gasteiger partial charge in [-0.15, -0.1) is 0 Å². The highest BCUT2D eigenvalue weighted by molar-refractivity contribution is 6.07. The molecule has 1 aliphatic rings. The molecular formula is C25H30N4O4. The fourth-order valence-electron chi connectivity index (χ4n) is 3.68. The third kappa shape index (κ3) is 5.69. The molecule has 33 heavy (non-hydrogen) atoms. The predicted octanol–water partition coefficient (Wildman–Crippen LogP) is 4.46. The maximum absolute atomic E-state index is 13.1. The quantitative estimate of drug-likeness (QED) is 0.525. The van der Waals surface area contributed by atoms with Gasteiger partial charge in [-0.2, -0.15) is 0 Å². The Morgan fingerprint density at radius 1 is 1.18 bits per heavy atom. The number of benzene rings is 1. The standard InChI is InChI=1S/C25H30N4O4/c1-5-32-17-10-8-16(9-11-17)27-21(30)14-26-23(31)18-12-19(15-6-7-15)28-24-22(18)20(29-33-24)13-25(2,3)4/h8-12,15H,5-7,13-14H2,1-4H3,(H,26,31)(H,27,30). The topological polar surface area (TPSA) is 106 Å². The molecule has 4 rings (SSSR count). The van der Waals surface area contributed by atoms with Gasteiger partial charge in [-0.3, -0.25) is 9.59 Å². The number of hydrogen-bond acceptors (Lipinski definition) is 6. The van der Waals surface area contributed by atoms with Crippen molar-refractivity contribution in [2.24, 2.45) is 5.41 Å². The van der Waals surface area contributed by atoms with Gasteiger partial charge in [0.05, 0.1) is 29.8 Å². The number of fused-ring (bicyclic) bond motifs is 1. The zero-order valence-electron chi connectivity index (χ0n) is 19.5. The number of amides is 2. The van der Waals surface area contributed by atoms with E-state index in [0.717, 1.165) is 24.3 Å². The fraction of sp³-hybridized carbons (Fsp3) is 0.440. The van der Waals surface area contributed by atoms with Crippen molar-refractivity contribution in [3.63, 3.8) is 0 Å². The number of carbonyl (C=O) groups is 2. The molecule has 8 nitrogen and oxygen atoms in total. The van der Waals surface area contributed by atoms with Crippen molar-refractivity contribution in [1.82, 2.24) is 15.5 Å². The van der Waals surface area contributed by atoms with Crippen LogP contribution >= 0.6 is 0 Å². The van der Waals surface area contributed by atoms with Crippen molar-refractivity contribution < 1.29 is 18.8 Å². The first-order valence-corrected chi connectivity index (χ1v) is 11.3. The van der Waals surface area contributed by atoms with E-state index >= 15 is 0 Å². The van der Waals surface area contributed by atoms with E-state index in [1.807, 2.05) is 13.0 Å². The first kappa shape index (κ1) is 22.8. The zero-order valence-corrected chi connectivity index (χ0v) is 19.5. The van der Waals surface area contributed by atoms with Crippen LogP contribution in [0.5, 0.6) is 5.75 Å². The average molecular weight is 451 g/mol. The van der Waals surface area contributed by atoms with Crippen LogP contribution in [0, 0.1) is 5.41 Å². The number of pyridine rings is 1. The maximum Gasteiger partial charge on any atom is 0.259 e. The molecule has 2 aromatic heterocycles. The van der Waals surface area contributed by atoms with E-state index in [4.69, 9.17) is 9.26 Å². The van der Waals surface area contributed by atoms with Gasteiger partial charge in [0.2, 0.25) is 5.91 Å². The minimum atomic E-state index is -0.343. The van der Waals surface area contributed by atoms with Crippen LogP contribution in [-0.2, 0) is 11.2 Å². The minimum absolute atomic E-state index is 0.0374. The Balaban J connectivity index is 1.49. The van der Waals surface area contributed by atoms with Gasteiger partial charge >= 0.3 is 0 Å². The van der Waals surface area contributed by atoms with Crippen LogP contribution in [0.1, 0.15) is 68.2 Å².